The zero-order valence-corrected chi connectivity index (χ0v) is 14.3. The van der Waals surface area contributed by atoms with Gasteiger partial charge in [0.05, 0.1) is 12.2 Å². The van der Waals surface area contributed by atoms with E-state index in [1.165, 1.54) is 13.3 Å². The third kappa shape index (κ3) is 4.20. The molecule has 0 bridgehead atoms. The quantitative estimate of drug-likeness (QED) is 0.782. The van der Waals surface area contributed by atoms with Crippen molar-refractivity contribution in [3.8, 4) is 0 Å². The van der Waals surface area contributed by atoms with E-state index in [4.69, 9.17) is 0 Å². The molecule has 6 nitrogen and oxygen atoms in total. The van der Waals surface area contributed by atoms with Crippen molar-refractivity contribution in [2.45, 2.75) is 19.4 Å². The van der Waals surface area contributed by atoms with Crippen molar-refractivity contribution in [3.05, 3.63) is 29.8 Å². The van der Waals surface area contributed by atoms with Crippen LogP contribution in [-0.4, -0.2) is 73.3 Å². The van der Waals surface area contributed by atoms with Gasteiger partial charge in [-0.25, -0.2) is 0 Å². The fourth-order valence-corrected chi connectivity index (χ4v) is 3.53. The Labute approximate surface area is 143 Å². The number of nitrogens with one attached hydrogen (secondary N) is 2. The standard InChI is InChI=1S/C18H26N4O2/c1-14(23)16-4-2-3-5-17(16)20-18(24)13-21-8-10-22(11-9-21)15-6-7-19-12-15/h2-5,15,19H,6-13H2,1H3,(H,20,24). The SMILES string of the molecule is CC(=O)c1ccccc1NC(=O)CN1CCN(C2CCNC2)CC1. The second-order valence-electron chi connectivity index (χ2n) is 6.61. The van der Waals surface area contributed by atoms with Crippen LogP contribution in [-0.2, 0) is 4.79 Å². The lowest BCUT2D eigenvalue weighted by atomic mass is 10.1. The lowest BCUT2D eigenvalue weighted by Gasteiger charge is -2.37. The summed E-state index contributed by atoms with van der Waals surface area (Å²) in [6.07, 6.45) is 1.22. The van der Waals surface area contributed by atoms with E-state index < -0.39 is 0 Å². The lowest BCUT2D eigenvalue weighted by Crippen LogP contribution is -2.52. The molecule has 1 amide bonds. The number of carbonyl (C=O) groups excluding carboxylic acids is 2. The highest BCUT2D eigenvalue weighted by molar-refractivity contribution is 6.04. The number of para-hydroxylation sites is 1. The smallest absolute Gasteiger partial charge is 0.238 e. The lowest BCUT2D eigenvalue weighted by molar-refractivity contribution is -0.117. The van der Waals surface area contributed by atoms with Crippen LogP contribution in [0.1, 0.15) is 23.7 Å². The highest BCUT2D eigenvalue weighted by Crippen LogP contribution is 2.16. The summed E-state index contributed by atoms with van der Waals surface area (Å²) in [5.74, 6) is -0.0932. The van der Waals surface area contributed by atoms with Gasteiger partial charge in [0.25, 0.3) is 0 Å². The van der Waals surface area contributed by atoms with Crippen LogP contribution in [0.3, 0.4) is 0 Å². The van der Waals surface area contributed by atoms with Gasteiger partial charge in [-0.05, 0) is 32.0 Å². The molecular weight excluding hydrogens is 304 g/mol. The zero-order valence-electron chi connectivity index (χ0n) is 14.3. The van der Waals surface area contributed by atoms with Crippen molar-refractivity contribution in [3.63, 3.8) is 0 Å². The molecule has 0 aliphatic carbocycles. The summed E-state index contributed by atoms with van der Waals surface area (Å²) < 4.78 is 0. The summed E-state index contributed by atoms with van der Waals surface area (Å²) >= 11 is 0. The second-order valence-corrected chi connectivity index (χ2v) is 6.61. The Hall–Kier alpha value is -1.76. The molecule has 2 fully saturated rings. The maximum absolute atomic E-state index is 12.3. The summed E-state index contributed by atoms with van der Waals surface area (Å²) in [4.78, 5) is 28.6. The average molecular weight is 330 g/mol. The van der Waals surface area contributed by atoms with Gasteiger partial charge in [0.15, 0.2) is 5.78 Å². The third-order valence-corrected chi connectivity index (χ3v) is 4.91. The van der Waals surface area contributed by atoms with Gasteiger partial charge in [0, 0.05) is 44.3 Å². The molecule has 2 N–H and O–H groups in total. The van der Waals surface area contributed by atoms with E-state index in [0.29, 0.717) is 23.8 Å². The van der Waals surface area contributed by atoms with E-state index in [-0.39, 0.29) is 11.7 Å². The first-order valence-electron chi connectivity index (χ1n) is 8.70. The van der Waals surface area contributed by atoms with Crippen LogP contribution < -0.4 is 10.6 Å². The number of benzene rings is 1. The molecule has 24 heavy (non-hydrogen) atoms. The van der Waals surface area contributed by atoms with E-state index >= 15 is 0 Å². The predicted molar refractivity (Wildman–Crippen MR) is 94.4 cm³/mol. The molecule has 3 rings (SSSR count). The van der Waals surface area contributed by atoms with E-state index in [0.717, 1.165) is 39.3 Å². The Morgan fingerprint density at radius 3 is 2.62 bits per heavy atom. The van der Waals surface area contributed by atoms with Gasteiger partial charge in [-0.15, -0.1) is 0 Å². The third-order valence-electron chi connectivity index (χ3n) is 4.91. The Morgan fingerprint density at radius 1 is 1.21 bits per heavy atom. The van der Waals surface area contributed by atoms with Crippen molar-refractivity contribution in [2.24, 2.45) is 0 Å². The minimum Gasteiger partial charge on any atom is -0.324 e. The molecule has 1 aromatic rings. The number of Topliss-reactive ketones (excluding diaryl/α,β-unsaturated/α-hetero) is 1. The largest absolute Gasteiger partial charge is 0.324 e. The zero-order chi connectivity index (χ0) is 16.9. The first-order valence-corrected chi connectivity index (χ1v) is 8.70. The highest BCUT2D eigenvalue weighted by atomic mass is 16.2. The molecule has 0 aromatic heterocycles. The van der Waals surface area contributed by atoms with E-state index in [9.17, 15) is 9.59 Å². The molecule has 2 saturated heterocycles. The van der Waals surface area contributed by atoms with Gasteiger partial charge in [-0.1, -0.05) is 12.1 Å². The van der Waals surface area contributed by atoms with Crippen LogP contribution in [0, 0.1) is 0 Å². The number of carbonyl (C=O) groups is 2. The average Bonchev–Trinajstić information content (AvgIpc) is 3.10. The molecule has 1 aromatic carbocycles. The van der Waals surface area contributed by atoms with Gasteiger partial charge in [0.1, 0.15) is 0 Å². The first-order chi connectivity index (χ1) is 11.6. The van der Waals surface area contributed by atoms with Crippen molar-refractivity contribution >= 4 is 17.4 Å². The molecule has 1 unspecified atom stereocenters. The van der Waals surface area contributed by atoms with Gasteiger partial charge in [-0.2, -0.15) is 0 Å². The van der Waals surface area contributed by atoms with Gasteiger partial charge in [0.2, 0.25) is 5.91 Å². The maximum atomic E-state index is 12.3. The fourth-order valence-electron chi connectivity index (χ4n) is 3.53. The van der Waals surface area contributed by atoms with Crippen molar-refractivity contribution in [2.75, 3.05) is 51.1 Å². The molecule has 2 heterocycles. The molecule has 1 atom stereocenters. The minimum absolute atomic E-state index is 0.0373. The van der Waals surface area contributed by atoms with Gasteiger partial charge < -0.3 is 10.6 Å². The number of nitrogens with zero attached hydrogens (tertiary/aromatic N) is 2. The predicted octanol–water partition coefficient (Wildman–Crippen LogP) is 0.807. The summed E-state index contributed by atoms with van der Waals surface area (Å²) in [7, 11) is 0. The molecule has 2 aliphatic rings. The van der Waals surface area contributed by atoms with Crippen LogP contribution in [0.2, 0.25) is 0 Å². The van der Waals surface area contributed by atoms with Crippen LogP contribution in [0.5, 0.6) is 0 Å². The van der Waals surface area contributed by atoms with Crippen LogP contribution in [0.4, 0.5) is 5.69 Å². The second kappa shape index (κ2) is 7.88. The maximum Gasteiger partial charge on any atom is 0.238 e. The Balaban J connectivity index is 1.48. The molecule has 2 aliphatic heterocycles. The highest BCUT2D eigenvalue weighted by Gasteiger charge is 2.26. The van der Waals surface area contributed by atoms with Crippen molar-refractivity contribution < 1.29 is 9.59 Å². The summed E-state index contributed by atoms with van der Waals surface area (Å²) in [5, 5.41) is 6.29. The van der Waals surface area contributed by atoms with Crippen LogP contribution in [0.15, 0.2) is 24.3 Å². The Bertz CT molecular complexity index is 590. The number of piperazine rings is 1. The van der Waals surface area contributed by atoms with E-state index in [1.54, 1.807) is 12.1 Å². The van der Waals surface area contributed by atoms with Crippen LogP contribution >= 0.6 is 0 Å². The van der Waals surface area contributed by atoms with Gasteiger partial charge >= 0.3 is 0 Å². The van der Waals surface area contributed by atoms with Crippen molar-refractivity contribution in [1.82, 2.24) is 15.1 Å². The summed E-state index contributed by atoms with van der Waals surface area (Å²) in [6, 6.07) is 7.81. The number of hydrogen-bond acceptors (Lipinski definition) is 5. The minimum atomic E-state index is -0.0558. The fraction of sp³-hybridized carbons (Fsp3) is 0.556. The van der Waals surface area contributed by atoms with Crippen molar-refractivity contribution in [1.29, 1.82) is 0 Å². The molecule has 0 spiro atoms. The molecular formula is C18H26N4O2. The number of ketones is 1. The first kappa shape index (κ1) is 17.1. The Kier molecular flexibility index (Phi) is 5.60. The summed E-state index contributed by atoms with van der Waals surface area (Å²) in [6.45, 7) is 7.96. The van der Waals surface area contributed by atoms with Gasteiger partial charge in [-0.3, -0.25) is 19.4 Å². The summed E-state index contributed by atoms with van der Waals surface area (Å²) in [5.41, 5.74) is 1.16. The number of rotatable bonds is 5. The molecule has 130 valence electrons. The number of anilines is 1. The Morgan fingerprint density at radius 2 is 1.96 bits per heavy atom. The number of hydrogen-bond donors (Lipinski definition) is 2. The van der Waals surface area contributed by atoms with E-state index in [2.05, 4.69) is 20.4 Å². The topological polar surface area (TPSA) is 64.7 Å². The number of amides is 1. The monoisotopic (exact) mass is 330 g/mol. The molecule has 0 radical (unpaired) electrons. The van der Waals surface area contributed by atoms with E-state index in [1.807, 2.05) is 12.1 Å². The normalized spacial score (nSPS) is 22.5. The molecule has 6 heteroatoms. The molecule has 0 saturated carbocycles. The van der Waals surface area contributed by atoms with Crippen LogP contribution in [0.25, 0.3) is 0 Å².